The van der Waals surface area contributed by atoms with Gasteiger partial charge in [0, 0.05) is 11.0 Å². The van der Waals surface area contributed by atoms with Crippen molar-refractivity contribution in [3.05, 3.63) is 46.6 Å². The molecule has 2 aromatic rings. The zero-order chi connectivity index (χ0) is 14.9. The average molecular weight is 297 g/mol. The van der Waals surface area contributed by atoms with Crippen LogP contribution in [0.15, 0.2) is 28.9 Å². The molecule has 0 aliphatic rings. The van der Waals surface area contributed by atoms with Gasteiger partial charge in [0.25, 0.3) is 5.91 Å². The quantitative estimate of drug-likeness (QED) is 0.910. The Morgan fingerprint density at radius 3 is 2.65 bits per heavy atom. The van der Waals surface area contributed by atoms with Crippen LogP contribution in [0.1, 0.15) is 36.8 Å². The van der Waals surface area contributed by atoms with E-state index in [0.29, 0.717) is 0 Å². The van der Waals surface area contributed by atoms with E-state index < -0.39 is 11.7 Å². The summed E-state index contributed by atoms with van der Waals surface area (Å²) in [5.74, 6) is -1.04. The number of rotatable bonds is 2. The lowest BCUT2D eigenvalue weighted by atomic mass is 9.93. The van der Waals surface area contributed by atoms with Crippen LogP contribution in [0.25, 0.3) is 0 Å². The van der Waals surface area contributed by atoms with Crippen molar-refractivity contribution in [3.63, 3.8) is 0 Å². The van der Waals surface area contributed by atoms with Crippen LogP contribution in [0.4, 0.5) is 10.4 Å². The third-order valence-corrected chi connectivity index (χ3v) is 2.96. The fourth-order valence-corrected chi connectivity index (χ4v) is 1.66. The lowest BCUT2D eigenvalue weighted by Crippen LogP contribution is -2.14. The number of carbonyl (C=O) groups is 1. The number of aromatic nitrogens is 1. The van der Waals surface area contributed by atoms with Crippen molar-refractivity contribution in [2.45, 2.75) is 26.2 Å². The first kappa shape index (κ1) is 14.5. The second-order valence-corrected chi connectivity index (χ2v) is 5.78. The minimum atomic E-state index is -0.575. The van der Waals surface area contributed by atoms with E-state index in [9.17, 15) is 9.18 Å². The van der Waals surface area contributed by atoms with E-state index in [4.69, 9.17) is 16.0 Å². The van der Waals surface area contributed by atoms with Gasteiger partial charge in [-0.3, -0.25) is 10.1 Å². The second kappa shape index (κ2) is 5.25. The van der Waals surface area contributed by atoms with Crippen LogP contribution in [-0.2, 0) is 5.41 Å². The molecule has 0 saturated heterocycles. The largest absolute Gasteiger partial charge is 0.432 e. The molecule has 1 N–H and O–H groups in total. The van der Waals surface area contributed by atoms with E-state index in [1.807, 2.05) is 20.8 Å². The molecule has 106 valence electrons. The molecule has 4 nitrogen and oxygen atoms in total. The molecule has 0 spiro atoms. The molecule has 0 aliphatic heterocycles. The number of oxazole rings is 1. The normalized spacial score (nSPS) is 11.4. The van der Waals surface area contributed by atoms with Crippen LogP contribution < -0.4 is 5.32 Å². The first-order valence-corrected chi connectivity index (χ1v) is 6.37. The Kier molecular flexibility index (Phi) is 3.81. The van der Waals surface area contributed by atoms with Crippen LogP contribution in [0.5, 0.6) is 0 Å². The van der Waals surface area contributed by atoms with E-state index in [2.05, 4.69) is 10.3 Å². The van der Waals surface area contributed by atoms with Gasteiger partial charge in [-0.25, -0.2) is 4.39 Å². The van der Waals surface area contributed by atoms with Crippen molar-refractivity contribution >= 4 is 23.5 Å². The zero-order valence-corrected chi connectivity index (χ0v) is 12.1. The monoisotopic (exact) mass is 296 g/mol. The van der Waals surface area contributed by atoms with Crippen molar-refractivity contribution < 1.29 is 13.6 Å². The fourth-order valence-electron chi connectivity index (χ4n) is 1.48. The number of carbonyl (C=O) groups excluding carboxylic acids is 1. The van der Waals surface area contributed by atoms with Gasteiger partial charge in [0.15, 0.2) is 0 Å². The maximum atomic E-state index is 13.0. The molecular weight excluding hydrogens is 283 g/mol. The number of hydrogen-bond donors (Lipinski definition) is 1. The molecule has 0 unspecified atom stereocenters. The molecule has 20 heavy (non-hydrogen) atoms. The van der Waals surface area contributed by atoms with Gasteiger partial charge in [0.05, 0.1) is 10.7 Å². The Balaban J connectivity index is 2.15. The molecule has 1 aromatic heterocycles. The van der Waals surface area contributed by atoms with Crippen LogP contribution in [0.2, 0.25) is 5.02 Å². The maximum absolute atomic E-state index is 13.0. The summed E-state index contributed by atoms with van der Waals surface area (Å²) >= 11 is 5.63. The Hall–Kier alpha value is -1.88. The van der Waals surface area contributed by atoms with Crippen molar-refractivity contribution in [1.82, 2.24) is 4.98 Å². The van der Waals surface area contributed by atoms with E-state index in [1.54, 1.807) is 0 Å². The zero-order valence-electron chi connectivity index (χ0n) is 11.3. The Morgan fingerprint density at radius 1 is 1.40 bits per heavy atom. The minimum absolute atomic E-state index is 0.0976. The molecule has 0 aliphatic carbocycles. The third-order valence-electron chi connectivity index (χ3n) is 2.67. The highest BCUT2D eigenvalue weighted by Crippen LogP contribution is 2.23. The molecule has 0 saturated carbocycles. The van der Waals surface area contributed by atoms with E-state index in [1.165, 1.54) is 18.4 Å². The second-order valence-electron chi connectivity index (χ2n) is 5.37. The Morgan fingerprint density at radius 2 is 2.10 bits per heavy atom. The highest BCUT2D eigenvalue weighted by molar-refractivity contribution is 6.31. The van der Waals surface area contributed by atoms with Crippen LogP contribution in [0, 0.1) is 5.82 Å². The topological polar surface area (TPSA) is 55.1 Å². The van der Waals surface area contributed by atoms with Gasteiger partial charge in [0.2, 0.25) is 0 Å². The van der Waals surface area contributed by atoms with E-state index >= 15 is 0 Å². The Bertz CT molecular complexity index is 647. The van der Waals surface area contributed by atoms with Crippen molar-refractivity contribution in [2.75, 3.05) is 5.32 Å². The molecule has 0 bridgehead atoms. The highest BCUT2D eigenvalue weighted by Gasteiger charge is 2.20. The summed E-state index contributed by atoms with van der Waals surface area (Å²) in [5, 5.41) is 2.39. The summed E-state index contributed by atoms with van der Waals surface area (Å²) in [6, 6.07) is 3.82. The first-order valence-electron chi connectivity index (χ1n) is 6.00. The molecule has 1 amide bonds. The predicted octanol–water partition coefficient (Wildman–Crippen LogP) is 4.02. The Labute approximate surface area is 121 Å². The predicted molar refractivity (Wildman–Crippen MR) is 74.6 cm³/mol. The molecule has 0 radical (unpaired) electrons. The van der Waals surface area contributed by atoms with Crippen molar-refractivity contribution in [3.8, 4) is 0 Å². The highest BCUT2D eigenvalue weighted by atomic mass is 35.5. The summed E-state index contributed by atoms with van der Waals surface area (Å²) in [6.45, 7) is 5.95. The van der Waals surface area contributed by atoms with Crippen LogP contribution in [-0.4, -0.2) is 10.9 Å². The maximum Gasteiger partial charge on any atom is 0.301 e. The van der Waals surface area contributed by atoms with Gasteiger partial charge in [-0.15, -0.1) is 0 Å². The van der Waals surface area contributed by atoms with Gasteiger partial charge < -0.3 is 4.42 Å². The van der Waals surface area contributed by atoms with E-state index in [-0.39, 0.29) is 22.0 Å². The number of halogens is 2. The molecule has 1 aromatic carbocycles. The number of benzene rings is 1. The molecule has 2 rings (SSSR count). The lowest BCUT2D eigenvalue weighted by Gasteiger charge is -2.12. The SMILES string of the molecule is CC(C)(C)c1coc(NC(=O)c2ccc(F)c(Cl)c2)n1. The summed E-state index contributed by atoms with van der Waals surface area (Å²) in [4.78, 5) is 16.1. The van der Waals surface area contributed by atoms with Crippen molar-refractivity contribution in [2.24, 2.45) is 0 Å². The standard InChI is InChI=1S/C14H14ClFN2O2/c1-14(2,3)11-7-20-13(17-11)18-12(19)8-4-5-10(16)9(15)6-8/h4-7H,1-3H3,(H,17,18,19). The fraction of sp³-hybridized carbons (Fsp3) is 0.286. The third kappa shape index (κ3) is 3.17. The van der Waals surface area contributed by atoms with Crippen LogP contribution in [0.3, 0.4) is 0 Å². The number of nitrogens with one attached hydrogen (secondary N) is 1. The first-order chi connectivity index (χ1) is 9.27. The van der Waals surface area contributed by atoms with Crippen LogP contribution >= 0.6 is 11.6 Å². The molecule has 0 atom stereocenters. The number of nitrogens with zero attached hydrogens (tertiary/aromatic N) is 1. The van der Waals surface area contributed by atoms with Crippen molar-refractivity contribution in [1.29, 1.82) is 0 Å². The van der Waals surface area contributed by atoms with Gasteiger partial charge in [-0.05, 0) is 18.2 Å². The van der Waals surface area contributed by atoms with Gasteiger partial charge in [0.1, 0.15) is 12.1 Å². The summed E-state index contributed by atoms with van der Waals surface area (Å²) in [6.07, 6.45) is 1.49. The minimum Gasteiger partial charge on any atom is -0.432 e. The number of hydrogen-bond acceptors (Lipinski definition) is 3. The van der Waals surface area contributed by atoms with Gasteiger partial charge in [-0.2, -0.15) is 4.98 Å². The smallest absolute Gasteiger partial charge is 0.301 e. The number of anilines is 1. The molecule has 1 heterocycles. The molecule has 0 fully saturated rings. The van der Waals surface area contributed by atoms with Gasteiger partial charge >= 0.3 is 6.01 Å². The number of amides is 1. The lowest BCUT2D eigenvalue weighted by molar-refractivity contribution is 0.102. The summed E-state index contributed by atoms with van der Waals surface area (Å²) in [7, 11) is 0. The molecular formula is C14H14ClFN2O2. The summed E-state index contributed by atoms with van der Waals surface area (Å²) in [5.41, 5.74) is 0.780. The van der Waals surface area contributed by atoms with Gasteiger partial charge in [-0.1, -0.05) is 32.4 Å². The molecule has 6 heteroatoms. The summed E-state index contributed by atoms with van der Waals surface area (Å²) < 4.78 is 18.2. The average Bonchev–Trinajstić information content (AvgIpc) is 2.81. The van der Waals surface area contributed by atoms with E-state index in [0.717, 1.165) is 11.8 Å².